The van der Waals surface area contributed by atoms with Crippen LogP contribution in [0.3, 0.4) is 0 Å². The summed E-state index contributed by atoms with van der Waals surface area (Å²) in [6, 6.07) is 0. The summed E-state index contributed by atoms with van der Waals surface area (Å²) in [6.07, 6.45) is 0. The fraction of sp³-hybridized carbons (Fsp3) is 0.857. The van der Waals surface area contributed by atoms with Crippen LogP contribution >= 0.6 is 11.8 Å². The number of rotatable bonds is 1. The maximum Gasteiger partial charge on any atom is 0.0926 e. The third kappa shape index (κ3) is 1.71. The maximum atomic E-state index is 4.47. The van der Waals surface area contributed by atoms with Gasteiger partial charge in [-0.3, -0.25) is 4.99 Å². The minimum atomic E-state index is 0.516. The Bertz CT molecular complexity index is 129. The van der Waals surface area contributed by atoms with Crippen LogP contribution in [0.15, 0.2) is 4.99 Å². The van der Waals surface area contributed by atoms with Gasteiger partial charge in [-0.25, -0.2) is 0 Å². The highest BCUT2D eigenvalue weighted by Crippen LogP contribution is 2.22. The molecule has 1 unspecified atom stereocenters. The van der Waals surface area contributed by atoms with Crippen molar-refractivity contribution in [3.05, 3.63) is 0 Å². The van der Waals surface area contributed by atoms with Crippen LogP contribution in [-0.2, 0) is 0 Å². The summed E-state index contributed by atoms with van der Waals surface area (Å²) in [5.41, 5.74) is 1.38. The summed E-state index contributed by atoms with van der Waals surface area (Å²) in [5, 5.41) is 0.516. The number of aliphatic imine (C=N–C) groups is 1. The van der Waals surface area contributed by atoms with Gasteiger partial charge in [-0.1, -0.05) is 13.8 Å². The molecule has 2 heteroatoms. The minimum absolute atomic E-state index is 0.516. The summed E-state index contributed by atoms with van der Waals surface area (Å²) in [7, 11) is 0. The van der Waals surface area contributed by atoms with E-state index in [0.29, 0.717) is 11.3 Å². The van der Waals surface area contributed by atoms with Crippen molar-refractivity contribution < 1.29 is 0 Å². The number of thioether (sulfide) groups is 1. The topological polar surface area (TPSA) is 12.4 Å². The van der Waals surface area contributed by atoms with Crippen molar-refractivity contribution in [2.24, 2.45) is 10.9 Å². The lowest BCUT2D eigenvalue weighted by Gasteiger charge is -1.99. The smallest absolute Gasteiger partial charge is 0.0926 e. The van der Waals surface area contributed by atoms with Crippen LogP contribution < -0.4 is 0 Å². The Kier molecular flexibility index (Phi) is 2.17. The van der Waals surface area contributed by atoms with E-state index in [9.17, 15) is 0 Å². The van der Waals surface area contributed by atoms with Crippen molar-refractivity contribution in [1.29, 1.82) is 0 Å². The van der Waals surface area contributed by atoms with Crippen molar-refractivity contribution in [3.63, 3.8) is 0 Å². The van der Waals surface area contributed by atoms with Gasteiger partial charge in [-0.15, -0.1) is 11.8 Å². The van der Waals surface area contributed by atoms with E-state index in [1.165, 1.54) is 5.71 Å². The Morgan fingerprint density at radius 1 is 1.67 bits per heavy atom. The van der Waals surface area contributed by atoms with Gasteiger partial charge in [0.05, 0.1) is 5.37 Å². The second-order valence-corrected chi connectivity index (χ2v) is 3.99. The molecule has 1 rings (SSSR count). The maximum absolute atomic E-state index is 4.47. The lowest BCUT2D eigenvalue weighted by atomic mass is 10.1. The summed E-state index contributed by atoms with van der Waals surface area (Å²) in [6.45, 7) is 6.56. The van der Waals surface area contributed by atoms with Crippen molar-refractivity contribution in [1.82, 2.24) is 0 Å². The van der Waals surface area contributed by atoms with Crippen LogP contribution in [-0.4, -0.2) is 16.8 Å². The first-order valence-corrected chi connectivity index (χ1v) is 4.43. The first kappa shape index (κ1) is 7.13. The molecule has 0 fully saturated rings. The van der Waals surface area contributed by atoms with E-state index in [1.54, 1.807) is 0 Å². The van der Waals surface area contributed by atoms with Gasteiger partial charge in [0.2, 0.25) is 0 Å². The number of nitrogens with zero attached hydrogens (tertiary/aromatic N) is 1. The molecule has 0 aromatic heterocycles. The highest BCUT2D eigenvalue weighted by Gasteiger charge is 2.15. The molecule has 0 aromatic carbocycles. The zero-order chi connectivity index (χ0) is 6.85. The van der Waals surface area contributed by atoms with E-state index in [2.05, 4.69) is 25.8 Å². The highest BCUT2D eigenvalue weighted by atomic mass is 32.2. The van der Waals surface area contributed by atoms with Gasteiger partial charge in [-0.2, -0.15) is 0 Å². The predicted octanol–water partition coefficient (Wildman–Crippen LogP) is 2.18. The van der Waals surface area contributed by atoms with Crippen molar-refractivity contribution in [3.8, 4) is 0 Å². The fourth-order valence-electron chi connectivity index (χ4n) is 0.830. The second-order valence-electron chi connectivity index (χ2n) is 2.69. The monoisotopic (exact) mass is 143 g/mol. The minimum Gasteiger partial charge on any atom is -0.279 e. The van der Waals surface area contributed by atoms with Gasteiger partial charge in [0.1, 0.15) is 0 Å². The number of hydrogen-bond acceptors (Lipinski definition) is 2. The average Bonchev–Trinajstić information content (AvgIpc) is 2.14. The van der Waals surface area contributed by atoms with Crippen LogP contribution in [0.5, 0.6) is 0 Å². The predicted molar refractivity (Wildman–Crippen MR) is 44.2 cm³/mol. The van der Waals surface area contributed by atoms with Gasteiger partial charge in [0.15, 0.2) is 0 Å². The van der Waals surface area contributed by atoms with E-state index >= 15 is 0 Å². The molecule has 0 amide bonds. The zero-order valence-corrected chi connectivity index (χ0v) is 7.03. The highest BCUT2D eigenvalue weighted by molar-refractivity contribution is 8.00. The molecule has 0 spiro atoms. The largest absolute Gasteiger partial charge is 0.279 e. The van der Waals surface area contributed by atoms with E-state index in [1.807, 2.05) is 11.8 Å². The Morgan fingerprint density at radius 3 is 2.56 bits per heavy atom. The van der Waals surface area contributed by atoms with Crippen LogP contribution in [0.1, 0.15) is 20.8 Å². The molecule has 0 aliphatic carbocycles. The lowest BCUT2D eigenvalue weighted by molar-refractivity contribution is 0.870. The number of hydrogen-bond donors (Lipinski definition) is 0. The first-order valence-electron chi connectivity index (χ1n) is 3.38. The first-order chi connectivity index (χ1) is 4.20. The van der Waals surface area contributed by atoms with Crippen LogP contribution in [0.25, 0.3) is 0 Å². The molecule has 0 radical (unpaired) electrons. The Balaban J connectivity index is 2.52. The summed E-state index contributed by atoms with van der Waals surface area (Å²) in [5.74, 6) is 1.81. The van der Waals surface area contributed by atoms with Gasteiger partial charge < -0.3 is 0 Å². The van der Waals surface area contributed by atoms with Gasteiger partial charge >= 0.3 is 0 Å². The zero-order valence-electron chi connectivity index (χ0n) is 6.22. The van der Waals surface area contributed by atoms with E-state index < -0.39 is 0 Å². The molecular weight excluding hydrogens is 130 g/mol. The quantitative estimate of drug-likeness (QED) is 0.548. The third-order valence-electron chi connectivity index (χ3n) is 1.49. The molecule has 0 saturated heterocycles. The third-order valence-corrected chi connectivity index (χ3v) is 2.54. The molecule has 1 heterocycles. The Morgan fingerprint density at radius 2 is 2.33 bits per heavy atom. The summed E-state index contributed by atoms with van der Waals surface area (Å²) < 4.78 is 0. The lowest BCUT2D eigenvalue weighted by Crippen LogP contribution is -2.06. The van der Waals surface area contributed by atoms with Gasteiger partial charge in [0, 0.05) is 11.5 Å². The average molecular weight is 143 g/mol. The molecule has 0 saturated carbocycles. The fourth-order valence-corrected chi connectivity index (χ4v) is 1.86. The molecular formula is C7H13NS. The SMILES string of the molecule is CC1N=C(C(C)C)CS1. The Labute approximate surface area is 60.9 Å². The van der Waals surface area contributed by atoms with E-state index in [4.69, 9.17) is 0 Å². The molecule has 0 N–H and O–H groups in total. The molecule has 0 bridgehead atoms. The molecule has 1 nitrogen and oxygen atoms in total. The summed E-state index contributed by atoms with van der Waals surface area (Å²) in [4.78, 5) is 4.47. The van der Waals surface area contributed by atoms with Crippen LogP contribution in [0.4, 0.5) is 0 Å². The van der Waals surface area contributed by atoms with E-state index in [0.717, 1.165) is 5.75 Å². The van der Waals surface area contributed by atoms with Crippen LogP contribution in [0.2, 0.25) is 0 Å². The van der Waals surface area contributed by atoms with Gasteiger partial charge in [-0.05, 0) is 12.8 Å². The van der Waals surface area contributed by atoms with Crippen LogP contribution in [0, 0.1) is 5.92 Å². The van der Waals surface area contributed by atoms with Crippen molar-refractivity contribution in [2.45, 2.75) is 26.1 Å². The molecule has 1 atom stereocenters. The molecule has 0 aromatic rings. The van der Waals surface area contributed by atoms with Gasteiger partial charge in [0.25, 0.3) is 0 Å². The normalized spacial score (nSPS) is 27.1. The molecule has 1 aliphatic rings. The van der Waals surface area contributed by atoms with Crippen molar-refractivity contribution in [2.75, 3.05) is 5.75 Å². The second kappa shape index (κ2) is 2.74. The van der Waals surface area contributed by atoms with Crippen molar-refractivity contribution >= 4 is 17.5 Å². The standard InChI is InChI=1S/C7H13NS/c1-5(2)7-4-9-6(3)8-7/h5-6H,4H2,1-3H3. The molecule has 1 aliphatic heterocycles. The molecule has 52 valence electrons. The van der Waals surface area contributed by atoms with E-state index in [-0.39, 0.29) is 0 Å². The summed E-state index contributed by atoms with van der Waals surface area (Å²) >= 11 is 1.93. The molecule has 9 heavy (non-hydrogen) atoms. The Hall–Kier alpha value is 0.0200.